The summed E-state index contributed by atoms with van der Waals surface area (Å²) in [7, 11) is 2.80. The van der Waals surface area contributed by atoms with Crippen LogP contribution in [0.3, 0.4) is 0 Å². The van der Waals surface area contributed by atoms with Gasteiger partial charge in [0.25, 0.3) is 0 Å². The maximum absolute atomic E-state index is 11.8. The topological polar surface area (TPSA) is 94.4 Å². The van der Waals surface area contributed by atoms with E-state index in [0.29, 0.717) is 28.3 Å². The van der Waals surface area contributed by atoms with Gasteiger partial charge in [0.15, 0.2) is 17.6 Å². The van der Waals surface area contributed by atoms with Crippen molar-refractivity contribution in [3.63, 3.8) is 0 Å². The fourth-order valence-electron chi connectivity index (χ4n) is 2.34. The molecule has 0 heterocycles. The number of aliphatic imine (C=N–C) groups is 1. The van der Waals surface area contributed by atoms with Crippen LogP contribution in [0.2, 0.25) is 0 Å². The Balaban J connectivity index is 2.28. The number of carbonyl (C=O) groups excluding carboxylic acids is 1. The van der Waals surface area contributed by atoms with Gasteiger partial charge >= 0.3 is 11.9 Å². The van der Waals surface area contributed by atoms with Crippen molar-refractivity contribution in [2.45, 2.75) is 20.0 Å². The number of hydrogen-bond donors (Lipinski definition) is 1. The highest BCUT2D eigenvalue weighted by Crippen LogP contribution is 2.29. The fraction of sp³-hybridized carbons (Fsp3) is 0.250. The maximum atomic E-state index is 11.8. The Kier molecular flexibility index (Phi) is 6.54. The van der Waals surface area contributed by atoms with Crippen LogP contribution in [0.5, 0.6) is 11.5 Å². The summed E-state index contributed by atoms with van der Waals surface area (Å²) in [5.74, 6) is -0.760. The number of methoxy groups -OCH3 is 2. The number of carboxylic acid groups (broad SMARTS) is 1. The van der Waals surface area contributed by atoms with Crippen molar-refractivity contribution >= 4 is 23.8 Å². The predicted octanol–water partition coefficient (Wildman–Crippen LogP) is 3.39. The minimum atomic E-state index is -1.07. The van der Waals surface area contributed by atoms with Gasteiger partial charge in [0.2, 0.25) is 0 Å². The van der Waals surface area contributed by atoms with Crippen molar-refractivity contribution < 1.29 is 28.9 Å². The minimum absolute atomic E-state index is 0.327. The third-order valence-corrected chi connectivity index (χ3v) is 3.90. The summed E-state index contributed by atoms with van der Waals surface area (Å²) < 4.78 is 15.4. The first-order valence-corrected chi connectivity index (χ1v) is 8.16. The molecule has 1 atom stereocenters. The lowest BCUT2D eigenvalue weighted by Gasteiger charge is -2.14. The Hall–Kier alpha value is -3.35. The molecule has 27 heavy (non-hydrogen) atoms. The zero-order valence-electron chi connectivity index (χ0n) is 15.6. The van der Waals surface area contributed by atoms with Gasteiger partial charge in [-0.3, -0.25) is 4.99 Å². The Morgan fingerprint density at radius 2 is 1.89 bits per heavy atom. The maximum Gasteiger partial charge on any atom is 0.344 e. The number of esters is 1. The molecule has 0 amide bonds. The second-order valence-corrected chi connectivity index (χ2v) is 5.71. The summed E-state index contributed by atoms with van der Waals surface area (Å²) in [6.45, 7) is 3.23. The Labute approximate surface area is 157 Å². The molecular weight excluding hydrogens is 350 g/mol. The van der Waals surface area contributed by atoms with Gasteiger partial charge in [0, 0.05) is 6.21 Å². The summed E-state index contributed by atoms with van der Waals surface area (Å²) in [6, 6.07) is 10.2. The van der Waals surface area contributed by atoms with E-state index in [0.717, 1.165) is 5.56 Å². The zero-order chi connectivity index (χ0) is 20.0. The lowest BCUT2D eigenvalue weighted by atomic mass is 10.1. The van der Waals surface area contributed by atoms with Crippen LogP contribution >= 0.6 is 0 Å². The highest BCUT2D eigenvalue weighted by Gasteiger charge is 2.15. The SMILES string of the molecule is COC(=O)c1cccc(N=Cc2ccc(O[C@H](C)C(=O)O)c(OC)c2)c1C. The van der Waals surface area contributed by atoms with Crippen LogP contribution in [0.1, 0.15) is 28.4 Å². The lowest BCUT2D eigenvalue weighted by Crippen LogP contribution is -2.23. The Bertz CT molecular complexity index is 875. The van der Waals surface area contributed by atoms with E-state index in [4.69, 9.17) is 19.3 Å². The lowest BCUT2D eigenvalue weighted by molar-refractivity contribution is -0.144. The van der Waals surface area contributed by atoms with Crippen molar-refractivity contribution in [2.75, 3.05) is 14.2 Å². The molecule has 2 aromatic carbocycles. The third kappa shape index (κ3) is 4.84. The largest absolute Gasteiger partial charge is 0.493 e. The van der Waals surface area contributed by atoms with E-state index in [1.807, 2.05) is 0 Å². The second kappa shape index (κ2) is 8.84. The van der Waals surface area contributed by atoms with Gasteiger partial charge in [-0.15, -0.1) is 0 Å². The number of benzene rings is 2. The molecule has 142 valence electrons. The Morgan fingerprint density at radius 3 is 2.52 bits per heavy atom. The molecule has 0 aliphatic rings. The van der Waals surface area contributed by atoms with Crippen LogP contribution in [-0.2, 0) is 9.53 Å². The first-order valence-electron chi connectivity index (χ1n) is 8.16. The van der Waals surface area contributed by atoms with Crippen molar-refractivity contribution in [3.05, 3.63) is 53.1 Å². The first-order chi connectivity index (χ1) is 12.9. The number of carbonyl (C=O) groups is 2. The van der Waals surface area contributed by atoms with Crippen molar-refractivity contribution in [1.29, 1.82) is 0 Å². The minimum Gasteiger partial charge on any atom is -0.493 e. The average molecular weight is 371 g/mol. The Morgan fingerprint density at radius 1 is 1.15 bits per heavy atom. The smallest absolute Gasteiger partial charge is 0.344 e. The summed E-state index contributed by atoms with van der Waals surface area (Å²) in [5, 5.41) is 8.96. The van der Waals surface area contributed by atoms with E-state index in [2.05, 4.69) is 4.99 Å². The van der Waals surface area contributed by atoms with E-state index in [9.17, 15) is 9.59 Å². The van der Waals surface area contributed by atoms with Crippen molar-refractivity contribution in [1.82, 2.24) is 0 Å². The van der Waals surface area contributed by atoms with Gasteiger partial charge in [0.1, 0.15) is 0 Å². The average Bonchev–Trinajstić information content (AvgIpc) is 2.67. The van der Waals surface area contributed by atoms with E-state index >= 15 is 0 Å². The van der Waals surface area contributed by atoms with E-state index < -0.39 is 18.0 Å². The van der Waals surface area contributed by atoms with Crippen LogP contribution in [0.15, 0.2) is 41.4 Å². The molecule has 0 saturated heterocycles. The second-order valence-electron chi connectivity index (χ2n) is 5.71. The van der Waals surface area contributed by atoms with Gasteiger partial charge in [-0.05, 0) is 55.3 Å². The van der Waals surface area contributed by atoms with E-state index in [1.165, 1.54) is 21.1 Å². The highest BCUT2D eigenvalue weighted by atomic mass is 16.5. The molecule has 7 nitrogen and oxygen atoms in total. The van der Waals surface area contributed by atoms with Crippen LogP contribution in [0.4, 0.5) is 5.69 Å². The summed E-state index contributed by atoms with van der Waals surface area (Å²) in [4.78, 5) is 27.1. The van der Waals surface area contributed by atoms with Crippen LogP contribution in [0, 0.1) is 6.92 Å². The van der Waals surface area contributed by atoms with Gasteiger partial charge in [-0.25, -0.2) is 9.59 Å². The molecule has 0 aliphatic carbocycles. The molecule has 0 aliphatic heterocycles. The number of rotatable bonds is 7. The van der Waals surface area contributed by atoms with Gasteiger partial charge < -0.3 is 19.3 Å². The highest BCUT2D eigenvalue weighted by molar-refractivity contribution is 5.93. The van der Waals surface area contributed by atoms with Crippen molar-refractivity contribution in [2.24, 2.45) is 4.99 Å². The van der Waals surface area contributed by atoms with Gasteiger partial charge in [0.05, 0.1) is 25.5 Å². The molecule has 0 unspecified atom stereocenters. The molecule has 2 aromatic rings. The molecule has 0 saturated carbocycles. The molecule has 0 fully saturated rings. The summed E-state index contributed by atoms with van der Waals surface area (Å²) in [5.41, 5.74) is 2.53. The molecule has 7 heteroatoms. The normalized spacial score (nSPS) is 11.9. The first kappa shape index (κ1) is 20.0. The third-order valence-electron chi connectivity index (χ3n) is 3.90. The standard InChI is InChI=1S/C20H21NO6/c1-12-15(20(24)26-4)6-5-7-16(12)21-11-14-8-9-17(18(10-14)25-3)27-13(2)19(22)23/h5-11,13H,1-4H3,(H,22,23)/t13-/m1/s1. The number of carboxylic acids is 1. The predicted molar refractivity (Wildman–Crippen MR) is 100 cm³/mol. The van der Waals surface area contributed by atoms with Crippen LogP contribution < -0.4 is 9.47 Å². The number of aliphatic carboxylic acids is 1. The molecule has 2 rings (SSSR count). The molecular formula is C20H21NO6. The number of hydrogen-bond acceptors (Lipinski definition) is 6. The molecule has 1 N–H and O–H groups in total. The molecule has 0 aromatic heterocycles. The molecule has 0 bridgehead atoms. The van der Waals surface area contributed by atoms with Gasteiger partial charge in [-0.2, -0.15) is 0 Å². The van der Waals surface area contributed by atoms with Crippen LogP contribution in [0.25, 0.3) is 0 Å². The van der Waals surface area contributed by atoms with E-state index in [-0.39, 0.29) is 0 Å². The summed E-state index contributed by atoms with van der Waals surface area (Å²) in [6.07, 6.45) is 0.623. The summed E-state index contributed by atoms with van der Waals surface area (Å²) >= 11 is 0. The molecule has 0 spiro atoms. The quantitative estimate of drug-likeness (QED) is 0.592. The molecule has 0 radical (unpaired) electrons. The van der Waals surface area contributed by atoms with Crippen molar-refractivity contribution in [3.8, 4) is 11.5 Å². The van der Waals surface area contributed by atoms with Crippen LogP contribution in [-0.4, -0.2) is 43.6 Å². The monoisotopic (exact) mass is 371 g/mol. The number of ether oxygens (including phenoxy) is 3. The zero-order valence-corrected chi connectivity index (χ0v) is 15.6. The number of nitrogens with zero attached hydrogens (tertiary/aromatic N) is 1. The van der Waals surface area contributed by atoms with E-state index in [1.54, 1.807) is 49.5 Å². The van der Waals surface area contributed by atoms with Gasteiger partial charge in [-0.1, -0.05) is 6.07 Å². The fourth-order valence-corrected chi connectivity index (χ4v) is 2.34.